The molecule has 1 amide bonds. The summed E-state index contributed by atoms with van der Waals surface area (Å²) in [5.41, 5.74) is 1.10. The van der Waals surface area contributed by atoms with Crippen LogP contribution in [-0.4, -0.2) is 28.2 Å². The molecule has 1 aromatic heterocycles. The van der Waals surface area contributed by atoms with Crippen LogP contribution in [0.25, 0.3) is 11.3 Å². The van der Waals surface area contributed by atoms with Crippen molar-refractivity contribution < 1.29 is 19.2 Å². The van der Waals surface area contributed by atoms with Gasteiger partial charge in [-0.3, -0.25) is 9.59 Å². The summed E-state index contributed by atoms with van der Waals surface area (Å²) in [5, 5.41) is 15.7. The number of amides is 1. The Bertz CT molecular complexity index is 688. The van der Waals surface area contributed by atoms with Gasteiger partial charge in [0.25, 0.3) is 5.91 Å². The first-order valence-electron chi connectivity index (χ1n) is 7.69. The molecular weight excluding hydrogens is 296 g/mol. The van der Waals surface area contributed by atoms with Crippen LogP contribution in [0.15, 0.2) is 40.9 Å². The molecule has 2 N–H and O–H groups in total. The maximum absolute atomic E-state index is 12.2. The molecule has 0 bridgehead atoms. The Morgan fingerprint density at radius 1 is 1.13 bits per heavy atom. The second-order valence-corrected chi connectivity index (χ2v) is 5.80. The van der Waals surface area contributed by atoms with Crippen molar-refractivity contribution in [2.45, 2.75) is 31.7 Å². The maximum Gasteiger partial charge on any atom is 0.306 e. The van der Waals surface area contributed by atoms with Crippen molar-refractivity contribution >= 4 is 11.9 Å². The number of carboxylic acids is 1. The standard InChI is InChI=1S/C17H18N2O4/c20-16(18-13-8-6-12(7-9-13)17(21)22)14-10-15(23-19-14)11-4-2-1-3-5-11/h1-5,10,12-13H,6-9H2,(H,18,20)(H,21,22). The van der Waals surface area contributed by atoms with E-state index in [0.29, 0.717) is 31.4 Å². The molecule has 120 valence electrons. The summed E-state index contributed by atoms with van der Waals surface area (Å²) in [6, 6.07) is 11.1. The average Bonchev–Trinajstić information content (AvgIpc) is 3.06. The summed E-state index contributed by atoms with van der Waals surface area (Å²) in [7, 11) is 0. The molecule has 1 aliphatic rings. The molecule has 0 spiro atoms. The van der Waals surface area contributed by atoms with Gasteiger partial charge in [-0.15, -0.1) is 0 Å². The minimum Gasteiger partial charge on any atom is -0.481 e. The number of nitrogens with one attached hydrogen (secondary N) is 1. The number of hydrogen-bond acceptors (Lipinski definition) is 4. The van der Waals surface area contributed by atoms with Gasteiger partial charge in [0.05, 0.1) is 5.92 Å². The number of hydrogen-bond donors (Lipinski definition) is 2. The van der Waals surface area contributed by atoms with Gasteiger partial charge in [0.1, 0.15) is 0 Å². The van der Waals surface area contributed by atoms with Crippen LogP contribution in [0.1, 0.15) is 36.2 Å². The van der Waals surface area contributed by atoms with E-state index in [1.807, 2.05) is 30.3 Å². The van der Waals surface area contributed by atoms with E-state index in [-0.39, 0.29) is 23.6 Å². The summed E-state index contributed by atoms with van der Waals surface area (Å²) >= 11 is 0. The summed E-state index contributed by atoms with van der Waals surface area (Å²) in [4.78, 5) is 23.2. The van der Waals surface area contributed by atoms with Crippen LogP contribution in [0.2, 0.25) is 0 Å². The van der Waals surface area contributed by atoms with E-state index in [9.17, 15) is 9.59 Å². The van der Waals surface area contributed by atoms with Crippen molar-refractivity contribution in [1.82, 2.24) is 10.5 Å². The lowest BCUT2D eigenvalue weighted by Gasteiger charge is -2.26. The van der Waals surface area contributed by atoms with Crippen LogP contribution < -0.4 is 5.32 Å². The van der Waals surface area contributed by atoms with Crippen molar-refractivity contribution in [3.05, 3.63) is 42.1 Å². The Hall–Kier alpha value is -2.63. The predicted octanol–water partition coefficient (Wildman–Crippen LogP) is 2.71. The summed E-state index contributed by atoms with van der Waals surface area (Å²) in [6.45, 7) is 0. The highest BCUT2D eigenvalue weighted by Gasteiger charge is 2.27. The smallest absolute Gasteiger partial charge is 0.306 e. The van der Waals surface area contributed by atoms with Crippen molar-refractivity contribution in [2.75, 3.05) is 0 Å². The molecule has 0 saturated heterocycles. The number of carboxylic acid groups (broad SMARTS) is 1. The van der Waals surface area contributed by atoms with Gasteiger partial charge in [-0.25, -0.2) is 0 Å². The van der Waals surface area contributed by atoms with Gasteiger partial charge in [-0.1, -0.05) is 35.5 Å². The van der Waals surface area contributed by atoms with Crippen molar-refractivity contribution in [3.63, 3.8) is 0 Å². The molecule has 0 unspecified atom stereocenters. The minimum absolute atomic E-state index is 0.00465. The third-order valence-corrected chi connectivity index (χ3v) is 4.21. The monoisotopic (exact) mass is 314 g/mol. The van der Waals surface area contributed by atoms with E-state index < -0.39 is 5.97 Å². The van der Waals surface area contributed by atoms with Crippen molar-refractivity contribution in [1.29, 1.82) is 0 Å². The van der Waals surface area contributed by atoms with Gasteiger partial charge >= 0.3 is 5.97 Å². The zero-order chi connectivity index (χ0) is 16.2. The van der Waals surface area contributed by atoms with E-state index in [2.05, 4.69) is 10.5 Å². The highest BCUT2D eigenvalue weighted by molar-refractivity contribution is 5.93. The van der Waals surface area contributed by atoms with E-state index >= 15 is 0 Å². The van der Waals surface area contributed by atoms with E-state index in [1.54, 1.807) is 6.07 Å². The lowest BCUT2D eigenvalue weighted by atomic mass is 9.86. The fraction of sp³-hybridized carbons (Fsp3) is 0.353. The first-order chi connectivity index (χ1) is 11.1. The molecular formula is C17H18N2O4. The fourth-order valence-electron chi connectivity index (χ4n) is 2.86. The Balaban J connectivity index is 1.59. The van der Waals surface area contributed by atoms with Gasteiger partial charge in [0.2, 0.25) is 0 Å². The van der Waals surface area contributed by atoms with E-state index in [1.165, 1.54) is 0 Å². The van der Waals surface area contributed by atoms with E-state index in [4.69, 9.17) is 9.63 Å². The Morgan fingerprint density at radius 3 is 2.48 bits per heavy atom. The number of nitrogens with zero attached hydrogens (tertiary/aromatic N) is 1. The Kier molecular flexibility index (Phi) is 4.41. The topological polar surface area (TPSA) is 92.4 Å². The molecule has 1 fully saturated rings. The SMILES string of the molecule is O=C(NC1CCC(C(=O)O)CC1)c1cc(-c2ccccc2)on1. The Morgan fingerprint density at radius 2 is 1.83 bits per heavy atom. The van der Waals surface area contributed by atoms with Gasteiger partial charge in [0.15, 0.2) is 11.5 Å². The molecule has 0 atom stereocenters. The second kappa shape index (κ2) is 6.64. The van der Waals surface area contributed by atoms with Crippen LogP contribution in [0.4, 0.5) is 0 Å². The molecule has 1 saturated carbocycles. The molecule has 1 aromatic carbocycles. The summed E-state index contributed by atoms with van der Waals surface area (Å²) < 4.78 is 5.22. The molecule has 1 heterocycles. The largest absolute Gasteiger partial charge is 0.481 e. The molecule has 1 aliphatic carbocycles. The van der Waals surface area contributed by atoms with Gasteiger partial charge in [-0.05, 0) is 25.7 Å². The molecule has 6 heteroatoms. The zero-order valence-electron chi connectivity index (χ0n) is 12.6. The highest BCUT2D eigenvalue weighted by Crippen LogP contribution is 2.25. The van der Waals surface area contributed by atoms with Crippen LogP contribution >= 0.6 is 0 Å². The Labute approximate surface area is 133 Å². The molecule has 3 rings (SSSR count). The van der Waals surface area contributed by atoms with Crippen LogP contribution in [-0.2, 0) is 4.79 Å². The van der Waals surface area contributed by atoms with Crippen LogP contribution in [0, 0.1) is 5.92 Å². The lowest BCUT2D eigenvalue weighted by Crippen LogP contribution is -2.38. The second-order valence-electron chi connectivity index (χ2n) is 5.80. The van der Waals surface area contributed by atoms with E-state index in [0.717, 1.165) is 5.56 Å². The molecule has 2 aromatic rings. The third-order valence-electron chi connectivity index (χ3n) is 4.21. The van der Waals surface area contributed by atoms with Crippen LogP contribution in [0.5, 0.6) is 0 Å². The van der Waals surface area contributed by atoms with Gasteiger partial charge in [-0.2, -0.15) is 0 Å². The predicted molar refractivity (Wildman–Crippen MR) is 82.8 cm³/mol. The maximum atomic E-state index is 12.2. The number of rotatable bonds is 4. The van der Waals surface area contributed by atoms with Crippen LogP contribution in [0.3, 0.4) is 0 Å². The first-order valence-corrected chi connectivity index (χ1v) is 7.69. The number of benzene rings is 1. The quantitative estimate of drug-likeness (QED) is 0.905. The normalized spacial score (nSPS) is 20.9. The molecule has 0 aliphatic heterocycles. The number of carbonyl (C=O) groups excluding carboxylic acids is 1. The highest BCUT2D eigenvalue weighted by atomic mass is 16.5. The van der Waals surface area contributed by atoms with Gasteiger partial charge in [0, 0.05) is 17.7 Å². The zero-order valence-corrected chi connectivity index (χ0v) is 12.6. The number of carbonyl (C=O) groups is 2. The average molecular weight is 314 g/mol. The lowest BCUT2D eigenvalue weighted by molar-refractivity contribution is -0.142. The molecule has 0 radical (unpaired) electrons. The fourth-order valence-corrected chi connectivity index (χ4v) is 2.86. The minimum atomic E-state index is -0.751. The third kappa shape index (κ3) is 3.59. The number of aliphatic carboxylic acids is 1. The summed E-state index contributed by atoms with van der Waals surface area (Å²) in [5.74, 6) is -0.779. The van der Waals surface area contributed by atoms with Crippen molar-refractivity contribution in [2.24, 2.45) is 5.92 Å². The number of aromatic nitrogens is 1. The van der Waals surface area contributed by atoms with Crippen molar-refractivity contribution in [3.8, 4) is 11.3 Å². The first kappa shape index (κ1) is 15.3. The summed E-state index contributed by atoms with van der Waals surface area (Å²) in [6.07, 6.45) is 2.53. The van der Waals surface area contributed by atoms with Gasteiger partial charge < -0.3 is 14.9 Å². The molecule has 23 heavy (non-hydrogen) atoms. The molecule has 6 nitrogen and oxygen atoms in total.